The van der Waals surface area contributed by atoms with Gasteiger partial charge < -0.3 is 0 Å². The van der Waals surface area contributed by atoms with Crippen molar-refractivity contribution in [3.05, 3.63) is 89.6 Å². The van der Waals surface area contributed by atoms with Gasteiger partial charge in [0.1, 0.15) is 0 Å². The molecule has 0 radical (unpaired) electrons. The van der Waals surface area contributed by atoms with E-state index in [0.717, 1.165) is 17.6 Å². The van der Waals surface area contributed by atoms with E-state index in [4.69, 9.17) is 4.98 Å². The van der Waals surface area contributed by atoms with Gasteiger partial charge in [-0.1, -0.05) is 66.7 Å². The van der Waals surface area contributed by atoms with Crippen LogP contribution in [0, 0.1) is 6.92 Å². The summed E-state index contributed by atoms with van der Waals surface area (Å²) < 4.78 is 0. The Balaban J connectivity index is 1.83. The van der Waals surface area contributed by atoms with Crippen LogP contribution >= 0.6 is 0 Å². The Hall–Kier alpha value is -3.19. The number of aryl methyl sites for hydroxylation is 1. The molecular weight excluding hydrogens is 314 g/mol. The molecule has 0 amide bonds. The Morgan fingerprint density at radius 1 is 0.654 bits per heavy atom. The van der Waals surface area contributed by atoms with Crippen LogP contribution in [0.4, 0.5) is 0 Å². The van der Waals surface area contributed by atoms with Gasteiger partial charge in [-0.2, -0.15) is 0 Å². The fourth-order valence-electron chi connectivity index (χ4n) is 4.64. The Labute approximate surface area is 151 Å². The lowest BCUT2D eigenvalue weighted by molar-refractivity contribution is 1.14. The van der Waals surface area contributed by atoms with Gasteiger partial charge in [-0.3, -0.25) is 4.98 Å². The maximum absolute atomic E-state index is 4.86. The standard InChI is InChI=1S/C25H17N/c1-15-22-14-17-11-12-19-18-7-3-2-6-16(18)10-13-20(19)24(17)25(22)21-8-4-5-9-23(21)26-15/h2-13H,14H2,1H3. The van der Waals surface area contributed by atoms with Gasteiger partial charge in [0.15, 0.2) is 0 Å². The molecule has 1 heterocycles. The number of aromatic nitrogens is 1. The van der Waals surface area contributed by atoms with Gasteiger partial charge in [0.05, 0.1) is 5.52 Å². The average Bonchev–Trinajstić information content (AvgIpc) is 3.09. The molecule has 0 spiro atoms. The van der Waals surface area contributed by atoms with E-state index >= 15 is 0 Å². The quantitative estimate of drug-likeness (QED) is 0.293. The summed E-state index contributed by atoms with van der Waals surface area (Å²) >= 11 is 0. The lowest BCUT2D eigenvalue weighted by Gasteiger charge is -2.12. The van der Waals surface area contributed by atoms with Crippen LogP contribution in [-0.4, -0.2) is 4.98 Å². The van der Waals surface area contributed by atoms with E-state index in [1.807, 2.05) is 0 Å². The SMILES string of the molecule is Cc1nc2ccccc2c2c1Cc1ccc3c(ccc4ccccc43)c1-2. The van der Waals surface area contributed by atoms with Crippen molar-refractivity contribution in [1.29, 1.82) is 0 Å². The number of pyridine rings is 1. The van der Waals surface area contributed by atoms with Crippen LogP contribution in [0.5, 0.6) is 0 Å². The number of hydrogen-bond acceptors (Lipinski definition) is 1. The second-order valence-electron chi connectivity index (χ2n) is 7.23. The van der Waals surface area contributed by atoms with Crippen molar-refractivity contribution in [2.75, 3.05) is 0 Å². The van der Waals surface area contributed by atoms with Gasteiger partial charge in [0.2, 0.25) is 0 Å². The highest BCUT2D eigenvalue weighted by Gasteiger charge is 2.25. The van der Waals surface area contributed by atoms with Crippen molar-refractivity contribution in [1.82, 2.24) is 4.98 Å². The molecule has 5 aromatic rings. The molecule has 0 saturated heterocycles. The Morgan fingerprint density at radius 2 is 1.42 bits per heavy atom. The van der Waals surface area contributed by atoms with Crippen LogP contribution in [0.25, 0.3) is 43.6 Å². The second-order valence-corrected chi connectivity index (χ2v) is 7.23. The minimum atomic E-state index is 0.983. The van der Waals surface area contributed by atoms with Crippen molar-refractivity contribution in [3.8, 4) is 11.1 Å². The average molecular weight is 331 g/mol. The largest absolute Gasteiger partial charge is 0.253 e. The van der Waals surface area contributed by atoms with Crippen LogP contribution in [0.2, 0.25) is 0 Å². The molecule has 1 aliphatic rings. The molecule has 0 unspecified atom stereocenters. The Kier molecular flexibility index (Phi) is 2.66. The zero-order valence-electron chi connectivity index (χ0n) is 14.6. The third-order valence-electron chi connectivity index (χ3n) is 5.83. The number of hydrogen-bond donors (Lipinski definition) is 0. The zero-order valence-corrected chi connectivity index (χ0v) is 14.6. The maximum atomic E-state index is 4.86. The first-order valence-corrected chi connectivity index (χ1v) is 9.13. The molecule has 0 bridgehead atoms. The first-order valence-electron chi connectivity index (χ1n) is 9.13. The maximum Gasteiger partial charge on any atom is 0.0711 e. The Bertz CT molecular complexity index is 1360. The van der Waals surface area contributed by atoms with E-state index in [1.54, 1.807) is 0 Å². The van der Waals surface area contributed by atoms with E-state index in [1.165, 1.54) is 49.2 Å². The van der Waals surface area contributed by atoms with Gasteiger partial charge in [-0.25, -0.2) is 0 Å². The van der Waals surface area contributed by atoms with E-state index < -0.39 is 0 Å². The van der Waals surface area contributed by atoms with Gasteiger partial charge in [-0.15, -0.1) is 0 Å². The van der Waals surface area contributed by atoms with E-state index in [2.05, 4.69) is 79.7 Å². The molecule has 4 aromatic carbocycles. The molecule has 0 aliphatic heterocycles. The highest BCUT2D eigenvalue weighted by molar-refractivity contribution is 6.16. The topological polar surface area (TPSA) is 12.9 Å². The van der Waals surface area contributed by atoms with Gasteiger partial charge in [0, 0.05) is 17.5 Å². The molecule has 0 atom stereocenters. The predicted molar refractivity (Wildman–Crippen MR) is 110 cm³/mol. The van der Waals surface area contributed by atoms with Crippen molar-refractivity contribution in [3.63, 3.8) is 0 Å². The molecule has 1 aliphatic carbocycles. The van der Waals surface area contributed by atoms with Crippen LogP contribution in [0.3, 0.4) is 0 Å². The molecule has 6 rings (SSSR count). The summed E-state index contributed by atoms with van der Waals surface area (Å²) in [5, 5.41) is 6.60. The molecular formula is C25H17N. The van der Waals surface area contributed by atoms with Crippen LogP contribution in [0.15, 0.2) is 72.8 Å². The highest BCUT2D eigenvalue weighted by Crippen LogP contribution is 2.46. The molecule has 0 fully saturated rings. The number of fused-ring (bicyclic) bond motifs is 9. The number of benzene rings is 4. The van der Waals surface area contributed by atoms with E-state index in [9.17, 15) is 0 Å². The van der Waals surface area contributed by atoms with Crippen molar-refractivity contribution >= 4 is 32.4 Å². The van der Waals surface area contributed by atoms with Crippen molar-refractivity contribution < 1.29 is 0 Å². The molecule has 1 nitrogen and oxygen atoms in total. The van der Waals surface area contributed by atoms with Crippen LogP contribution in [-0.2, 0) is 6.42 Å². The number of rotatable bonds is 0. The third-order valence-corrected chi connectivity index (χ3v) is 5.83. The smallest absolute Gasteiger partial charge is 0.0711 e. The summed E-state index contributed by atoms with van der Waals surface area (Å²) in [6.07, 6.45) is 0.983. The fraction of sp³-hybridized carbons (Fsp3) is 0.0800. The lowest BCUT2D eigenvalue weighted by Crippen LogP contribution is -1.93. The third kappa shape index (κ3) is 1.72. The normalized spacial score (nSPS) is 12.7. The number of para-hydroxylation sites is 1. The summed E-state index contributed by atoms with van der Waals surface area (Å²) in [4.78, 5) is 4.86. The molecule has 1 aromatic heterocycles. The molecule has 26 heavy (non-hydrogen) atoms. The first-order chi connectivity index (χ1) is 12.8. The molecule has 1 heteroatoms. The van der Waals surface area contributed by atoms with Crippen LogP contribution in [0.1, 0.15) is 16.8 Å². The van der Waals surface area contributed by atoms with Gasteiger partial charge in [-0.05, 0) is 56.8 Å². The first kappa shape index (κ1) is 14.0. The minimum absolute atomic E-state index is 0.983. The minimum Gasteiger partial charge on any atom is -0.253 e. The summed E-state index contributed by atoms with van der Waals surface area (Å²) in [5.41, 5.74) is 7.86. The summed E-state index contributed by atoms with van der Waals surface area (Å²) in [6, 6.07) is 26.4. The summed E-state index contributed by atoms with van der Waals surface area (Å²) in [7, 11) is 0. The lowest BCUT2D eigenvalue weighted by atomic mass is 9.92. The van der Waals surface area contributed by atoms with Crippen LogP contribution < -0.4 is 0 Å². The van der Waals surface area contributed by atoms with Crippen molar-refractivity contribution in [2.24, 2.45) is 0 Å². The Morgan fingerprint density at radius 3 is 2.35 bits per heavy atom. The van der Waals surface area contributed by atoms with E-state index in [0.29, 0.717) is 0 Å². The monoisotopic (exact) mass is 331 g/mol. The predicted octanol–water partition coefficient (Wildman–Crippen LogP) is 6.42. The van der Waals surface area contributed by atoms with Gasteiger partial charge in [0.25, 0.3) is 0 Å². The molecule has 122 valence electrons. The summed E-state index contributed by atoms with van der Waals surface area (Å²) in [6.45, 7) is 2.15. The second kappa shape index (κ2) is 4.92. The highest BCUT2D eigenvalue weighted by atomic mass is 14.7. The molecule has 0 N–H and O–H groups in total. The van der Waals surface area contributed by atoms with Crippen molar-refractivity contribution in [2.45, 2.75) is 13.3 Å². The molecule has 0 saturated carbocycles. The fourth-order valence-corrected chi connectivity index (χ4v) is 4.64. The number of nitrogens with zero attached hydrogens (tertiary/aromatic N) is 1. The van der Waals surface area contributed by atoms with E-state index in [-0.39, 0.29) is 0 Å². The zero-order chi connectivity index (χ0) is 17.3. The summed E-state index contributed by atoms with van der Waals surface area (Å²) in [5.74, 6) is 0. The van der Waals surface area contributed by atoms with Gasteiger partial charge >= 0.3 is 0 Å².